The highest BCUT2D eigenvalue weighted by atomic mass is 16.2. The molecule has 0 unspecified atom stereocenters. The van der Waals surface area contributed by atoms with Crippen LogP contribution in [0.4, 0.5) is 11.4 Å². The van der Waals surface area contributed by atoms with Gasteiger partial charge in [0.2, 0.25) is 6.41 Å². The molecule has 6 heteroatoms. The predicted octanol–water partition coefficient (Wildman–Crippen LogP) is 2.46. The van der Waals surface area contributed by atoms with E-state index in [2.05, 4.69) is 41.9 Å². The van der Waals surface area contributed by atoms with Gasteiger partial charge >= 0.3 is 0 Å². The van der Waals surface area contributed by atoms with E-state index in [-0.39, 0.29) is 5.91 Å². The van der Waals surface area contributed by atoms with Crippen LogP contribution in [0, 0.1) is 6.92 Å². The fraction of sp³-hybridized carbons (Fsp3) is 0.350. The minimum atomic E-state index is -0.0369. The van der Waals surface area contributed by atoms with Gasteiger partial charge in [-0.25, -0.2) is 0 Å². The summed E-state index contributed by atoms with van der Waals surface area (Å²) >= 11 is 0. The Morgan fingerprint density at radius 3 is 2.58 bits per heavy atom. The number of amides is 2. The lowest BCUT2D eigenvalue weighted by molar-refractivity contribution is -0.119. The number of carbonyl (C=O) groups excluding carboxylic acids is 2. The standard InChI is InChI=1S/C20H24N4O2/c1-3-24(18-6-4-5-16(2)11-18)19-12-17(13-21-14-19)20(26)23-9-7-22(15-25)8-10-23/h4-6,11-15H,3,7-10H2,1-2H3. The van der Waals surface area contributed by atoms with Crippen LogP contribution >= 0.6 is 0 Å². The summed E-state index contributed by atoms with van der Waals surface area (Å²) in [5.74, 6) is -0.0369. The molecule has 1 aliphatic rings. The van der Waals surface area contributed by atoms with Gasteiger partial charge in [0.05, 0.1) is 17.4 Å². The van der Waals surface area contributed by atoms with Crippen LogP contribution in [-0.4, -0.2) is 59.8 Å². The summed E-state index contributed by atoms with van der Waals surface area (Å²) in [6, 6.07) is 10.2. The van der Waals surface area contributed by atoms with Crippen molar-refractivity contribution in [3.63, 3.8) is 0 Å². The molecule has 0 radical (unpaired) electrons. The zero-order chi connectivity index (χ0) is 18.5. The van der Waals surface area contributed by atoms with Gasteiger partial charge in [0.1, 0.15) is 0 Å². The minimum absolute atomic E-state index is 0.0369. The molecule has 0 spiro atoms. The van der Waals surface area contributed by atoms with Gasteiger partial charge in [0.15, 0.2) is 0 Å². The molecule has 3 rings (SSSR count). The zero-order valence-corrected chi connectivity index (χ0v) is 15.3. The lowest BCUT2D eigenvalue weighted by atomic mass is 10.1. The summed E-state index contributed by atoms with van der Waals surface area (Å²) in [6.45, 7) is 7.18. The lowest BCUT2D eigenvalue weighted by Gasteiger charge is -2.32. The van der Waals surface area contributed by atoms with E-state index in [1.165, 1.54) is 5.56 Å². The first kappa shape index (κ1) is 17.9. The molecule has 1 aliphatic heterocycles. The number of rotatable bonds is 5. The number of aryl methyl sites for hydroxylation is 1. The molecule has 1 saturated heterocycles. The van der Waals surface area contributed by atoms with E-state index in [1.807, 2.05) is 12.1 Å². The Kier molecular flexibility index (Phi) is 5.51. The van der Waals surface area contributed by atoms with Crippen molar-refractivity contribution in [3.8, 4) is 0 Å². The molecule has 2 aromatic rings. The van der Waals surface area contributed by atoms with E-state index in [0.29, 0.717) is 31.7 Å². The van der Waals surface area contributed by atoms with Crippen molar-refractivity contribution >= 4 is 23.7 Å². The van der Waals surface area contributed by atoms with Crippen molar-refractivity contribution in [2.45, 2.75) is 13.8 Å². The summed E-state index contributed by atoms with van der Waals surface area (Å²) < 4.78 is 0. The minimum Gasteiger partial charge on any atom is -0.342 e. The summed E-state index contributed by atoms with van der Waals surface area (Å²) in [5, 5.41) is 0. The maximum absolute atomic E-state index is 12.8. The lowest BCUT2D eigenvalue weighted by Crippen LogP contribution is -2.48. The first-order valence-electron chi connectivity index (χ1n) is 8.90. The average Bonchev–Trinajstić information content (AvgIpc) is 2.68. The van der Waals surface area contributed by atoms with Crippen molar-refractivity contribution in [1.82, 2.24) is 14.8 Å². The van der Waals surface area contributed by atoms with Crippen LogP contribution in [0.5, 0.6) is 0 Å². The van der Waals surface area contributed by atoms with Crippen LogP contribution in [0.2, 0.25) is 0 Å². The fourth-order valence-corrected chi connectivity index (χ4v) is 3.22. The molecule has 2 amide bonds. The topological polar surface area (TPSA) is 56.8 Å². The van der Waals surface area contributed by atoms with Gasteiger partial charge in [-0.1, -0.05) is 12.1 Å². The summed E-state index contributed by atoms with van der Waals surface area (Å²) in [4.78, 5) is 33.5. The van der Waals surface area contributed by atoms with Crippen LogP contribution in [0.15, 0.2) is 42.7 Å². The molecule has 1 aromatic carbocycles. The molecular formula is C20H24N4O2. The second-order valence-corrected chi connectivity index (χ2v) is 6.45. The van der Waals surface area contributed by atoms with E-state index < -0.39 is 0 Å². The molecule has 1 fully saturated rings. The third-order valence-corrected chi connectivity index (χ3v) is 4.66. The van der Waals surface area contributed by atoms with Gasteiger partial charge in [0, 0.05) is 44.6 Å². The highest BCUT2D eigenvalue weighted by Crippen LogP contribution is 2.26. The number of aromatic nitrogens is 1. The van der Waals surface area contributed by atoms with Crippen molar-refractivity contribution in [1.29, 1.82) is 0 Å². The van der Waals surface area contributed by atoms with Crippen molar-refractivity contribution < 1.29 is 9.59 Å². The van der Waals surface area contributed by atoms with Crippen molar-refractivity contribution in [3.05, 3.63) is 53.9 Å². The Bertz CT molecular complexity index is 785. The van der Waals surface area contributed by atoms with Crippen LogP contribution < -0.4 is 4.90 Å². The van der Waals surface area contributed by atoms with Gasteiger partial charge in [-0.2, -0.15) is 0 Å². The van der Waals surface area contributed by atoms with Crippen LogP contribution in [0.1, 0.15) is 22.8 Å². The predicted molar refractivity (Wildman–Crippen MR) is 102 cm³/mol. The Hall–Kier alpha value is -2.89. The average molecular weight is 352 g/mol. The van der Waals surface area contributed by atoms with Crippen molar-refractivity contribution in [2.24, 2.45) is 0 Å². The maximum Gasteiger partial charge on any atom is 0.255 e. The third kappa shape index (κ3) is 3.85. The molecule has 26 heavy (non-hydrogen) atoms. The summed E-state index contributed by atoms with van der Waals surface area (Å²) in [5.41, 5.74) is 3.75. The van der Waals surface area contributed by atoms with Gasteiger partial charge in [0.25, 0.3) is 5.91 Å². The molecule has 0 N–H and O–H groups in total. The highest BCUT2D eigenvalue weighted by Gasteiger charge is 2.22. The molecule has 0 bridgehead atoms. The molecule has 0 atom stereocenters. The monoisotopic (exact) mass is 352 g/mol. The molecule has 136 valence electrons. The second kappa shape index (κ2) is 7.99. The Morgan fingerprint density at radius 1 is 1.15 bits per heavy atom. The number of anilines is 2. The Morgan fingerprint density at radius 2 is 1.92 bits per heavy atom. The second-order valence-electron chi connectivity index (χ2n) is 6.45. The maximum atomic E-state index is 12.8. The molecule has 0 saturated carbocycles. The van der Waals surface area contributed by atoms with E-state index >= 15 is 0 Å². The van der Waals surface area contributed by atoms with Crippen LogP contribution in [0.25, 0.3) is 0 Å². The van der Waals surface area contributed by atoms with Crippen LogP contribution in [-0.2, 0) is 4.79 Å². The Balaban J connectivity index is 1.81. The van der Waals surface area contributed by atoms with Gasteiger partial charge in [-0.05, 0) is 37.6 Å². The Labute approximate surface area is 154 Å². The van der Waals surface area contributed by atoms with E-state index in [4.69, 9.17) is 0 Å². The molecule has 1 aromatic heterocycles. The smallest absolute Gasteiger partial charge is 0.255 e. The number of pyridine rings is 1. The molecule has 6 nitrogen and oxygen atoms in total. The normalized spacial score (nSPS) is 14.2. The van der Waals surface area contributed by atoms with Gasteiger partial charge < -0.3 is 14.7 Å². The molecule has 0 aliphatic carbocycles. The zero-order valence-electron chi connectivity index (χ0n) is 15.3. The SMILES string of the molecule is CCN(c1cccc(C)c1)c1cncc(C(=O)N2CCN(C=O)CC2)c1. The first-order chi connectivity index (χ1) is 12.6. The number of nitrogens with zero attached hydrogens (tertiary/aromatic N) is 4. The summed E-state index contributed by atoms with van der Waals surface area (Å²) in [6.07, 6.45) is 4.24. The molecular weight excluding hydrogens is 328 g/mol. The number of carbonyl (C=O) groups is 2. The summed E-state index contributed by atoms with van der Waals surface area (Å²) in [7, 11) is 0. The van der Waals surface area contributed by atoms with E-state index in [9.17, 15) is 9.59 Å². The van der Waals surface area contributed by atoms with E-state index in [1.54, 1.807) is 22.2 Å². The van der Waals surface area contributed by atoms with E-state index in [0.717, 1.165) is 24.3 Å². The van der Waals surface area contributed by atoms with Crippen LogP contribution in [0.3, 0.4) is 0 Å². The number of benzene rings is 1. The van der Waals surface area contributed by atoms with Crippen molar-refractivity contribution in [2.75, 3.05) is 37.6 Å². The highest BCUT2D eigenvalue weighted by molar-refractivity contribution is 5.95. The third-order valence-electron chi connectivity index (χ3n) is 4.66. The number of piperazine rings is 1. The number of hydrogen-bond acceptors (Lipinski definition) is 4. The quantitative estimate of drug-likeness (QED) is 0.776. The van der Waals surface area contributed by atoms with Gasteiger partial charge in [-0.15, -0.1) is 0 Å². The fourth-order valence-electron chi connectivity index (χ4n) is 3.22. The number of hydrogen-bond donors (Lipinski definition) is 0. The first-order valence-corrected chi connectivity index (χ1v) is 8.90. The largest absolute Gasteiger partial charge is 0.342 e. The molecule has 2 heterocycles. The van der Waals surface area contributed by atoms with Gasteiger partial charge in [-0.3, -0.25) is 14.6 Å².